The maximum Gasteiger partial charge on any atom is 0.305 e. The number of esters is 1. The quantitative estimate of drug-likeness (QED) is 0.0321. The molecule has 1 amide bonds. The molecule has 0 bridgehead atoms. The van der Waals surface area contributed by atoms with E-state index in [9.17, 15) is 19.8 Å². The number of carbonyl (C=O) groups excluding carboxylic acids is 2. The summed E-state index contributed by atoms with van der Waals surface area (Å²) in [6.45, 7) is 4.84. The Labute approximate surface area is 404 Å². The van der Waals surface area contributed by atoms with E-state index in [1.165, 1.54) is 173 Å². The van der Waals surface area contributed by atoms with Crippen LogP contribution in [0.5, 0.6) is 0 Å². The molecule has 0 spiro atoms. The number of ether oxygens (including phenoxy) is 1. The summed E-state index contributed by atoms with van der Waals surface area (Å²) < 4.78 is 5.43. The smallest absolute Gasteiger partial charge is 0.305 e. The molecule has 0 aromatic rings. The Kier molecular flexibility index (Phi) is 53.1. The van der Waals surface area contributed by atoms with Crippen molar-refractivity contribution in [3.63, 3.8) is 0 Å². The minimum absolute atomic E-state index is 0.0454. The third kappa shape index (κ3) is 51.3. The maximum atomic E-state index is 12.5. The van der Waals surface area contributed by atoms with Crippen LogP contribution in [0.1, 0.15) is 303 Å². The molecule has 2 atom stereocenters. The Balaban J connectivity index is 3.51. The first-order valence-electron chi connectivity index (χ1n) is 28.7. The van der Waals surface area contributed by atoms with Gasteiger partial charge in [0, 0.05) is 12.8 Å². The molecule has 0 fully saturated rings. The molecule has 6 nitrogen and oxygen atoms in total. The molecule has 382 valence electrons. The maximum absolute atomic E-state index is 12.5. The van der Waals surface area contributed by atoms with Gasteiger partial charge in [0.2, 0.25) is 5.91 Å². The van der Waals surface area contributed by atoms with Gasteiger partial charge in [-0.3, -0.25) is 9.59 Å². The number of carbonyl (C=O) groups is 2. The minimum atomic E-state index is -0.685. The van der Waals surface area contributed by atoms with E-state index in [-0.39, 0.29) is 18.5 Å². The van der Waals surface area contributed by atoms with Crippen LogP contribution in [0.3, 0.4) is 0 Å². The molecule has 0 aliphatic rings. The number of aliphatic hydroxyl groups excluding tert-OH is 2. The SMILES string of the molecule is CCCC/C=C\C/C=C\CCCCCCCC(=O)OCCCC/C=C\CCCCCCCC(=O)NC(CO)C(O)CCCCCCCCCCCCCCCCCCCCCCCCC. The van der Waals surface area contributed by atoms with E-state index in [1.54, 1.807) is 0 Å². The Bertz CT molecular complexity index is 1060. The summed E-state index contributed by atoms with van der Waals surface area (Å²) in [4.78, 5) is 24.5. The Morgan fingerprint density at radius 3 is 1.23 bits per heavy atom. The van der Waals surface area contributed by atoms with Gasteiger partial charge in [-0.25, -0.2) is 0 Å². The molecule has 0 heterocycles. The molecule has 0 saturated carbocycles. The van der Waals surface area contributed by atoms with Crippen LogP contribution in [0.2, 0.25) is 0 Å². The summed E-state index contributed by atoms with van der Waals surface area (Å²) in [7, 11) is 0. The number of aliphatic hydroxyl groups is 2. The van der Waals surface area contributed by atoms with E-state index in [1.807, 2.05) is 0 Å². The molecular weight excluding hydrogens is 803 g/mol. The first kappa shape index (κ1) is 63.1. The van der Waals surface area contributed by atoms with E-state index in [4.69, 9.17) is 4.74 Å². The van der Waals surface area contributed by atoms with Crippen molar-refractivity contribution in [3.8, 4) is 0 Å². The van der Waals surface area contributed by atoms with Gasteiger partial charge < -0.3 is 20.3 Å². The van der Waals surface area contributed by atoms with E-state index >= 15 is 0 Å². The van der Waals surface area contributed by atoms with Crippen LogP contribution in [0.15, 0.2) is 36.5 Å². The van der Waals surface area contributed by atoms with E-state index in [2.05, 4.69) is 55.6 Å². The predicted molar refractivity (Wildman–Crippen MR) is 283 cm³/mol. The lowest BCUT2D eigenvalue weighted by molar-refractivity contribution is -0.143. The van der Waals surface area contributed by atoms with Crippen LogP contribution in [0, 0.1) is 0 Å². The second kappa shape index (κ2) is 54.7. The van der Waals surface area contributed by atoms with Crippen LogP contribution < -0.4 is 5.32 Å². The van der Waals surface area contributed by atoms with Gasteiger partial charge in [0.15, 0.2) is 0 Å². The van der Waals surface area contributed by atoms with Gasteiger partial charge in [0.05, 0.1) is 25.4 Å². The van der Waals surface area contributed by atoms with Crippen LogP contribution >= 0.6 is 0 Å². The second-order valence-corrected chi connectivity index (χ2v) is 19.6. The first-order chi connectivity index (χ1) is 32.0. The largest absolute Gasteiger partial charge is 0.466 e. The van der Waals surface area contributed by atoms with E-state index in [0.717, 1.165) is 96.3 Å². The zero-order valence-corrected chi connectivity index (χ0v) is 43.5. The Morgan fingerprint density at radius 2 is 0.785 bits per heavy atom. The fraction of sp³-hybridized carbons (Fsp3) is 0.864. The van der Waals surface area contributed by atoms with Crippen LogP contribution in [-0.2, 0) is 14.3 Å². The summed E-state index contributed by atoms with van der Waals surface area (Å²) in [5.74, 6) is -0.108. The lowest BCUT2D eigenvalue weighted by Crippen LogP contribution is -2.45. The molecule has 2 unspecified atom stereocenters. The van der Waals surface area contributed by atoms with Crippen molar-refractivity contribution >= 4 is 11.9 Å². The zero-order valence-electron chi connectivity index (χ0n) is 43.5. The number of amides is 1. The molecule has 65 heavy (non-hydrogen) atoms. The molecule has 0 aliphatic heterocycles. The van der Waals surface area contributed by atoms with Crippen molar-refractivity contribution < 1.29 is 24.5 Å². The fourth-order valence-electron chi connectivity index (χ4n) is 8.71. The van der Waals surface area contributed by atoms with Crippen molar-refractivity contribution in [2.45, 2.75) is 315 Å². The third-order valence-electron chi connectivity index (χ3n) is 13.2. The zero-order chi connectivity index (χ0) is 47.2. The molecule has 6 heteroatoms. The Morgan fingerprint density at radius 1 is 0.431 bits per heavy atom. The van der Waals surface area contributed by atoms with Crippen molar-refractivity contribution in [1.29, 1.82) is 0 Å². The van der Waals surface area contributed by atoms with Crippen LogP contribution in [-0.4, -0.2) is 47.4 Å². The van der Waals surface area contributed by atoms with Gasteiger partial charge in [0.1, 0.15) is 0 Å². The highest BCUT2D eigenvalue weighted by molar-refractivity contribution is 5.76. The fourth-order valence-corrected chi connectivity index (χ4v) is 8.71. The van der Waals surface area contributed by atoms with Crippen LogP contribution in [0.4, 0.5) is 0 Å². The molecule has 0 rings (SSSR count). The van der Waals surface area contributed by atoms with Crippen molar-refractivity contribution in [1.82, 2.24) is 5.32 Å². The standard InChI is InChI=1S/C59H111NO5/c1-3-5-7-9-11-13-15-17-19-20-21-22-23-24-25-26-27-28-31-35-39-43-47-51-57(62)56(55-61)60-58(63)52-48-44-40-36-32-30-34-38-42-46-50-54-65-59(64)53-49-45-41-37-33-29-18-16-14-12-10-8-6-4-2/h10,12,16,18,34,38,56-57,61-62H,3-9,11,13-15,17,19-33,35-37,39-55H2,1-2H3,(H,60,63)/b12-10-,18-16-,38-34-. The lowest BCUT2D eigenvalue weighted by Gasteiger charge is -2.22. The molecule has 0 radical (unpaired) electrons. The monoisotopic (exact) mass is 914 g/mol. The summed E-state index contributed by atoms with van der Waals surface area (Å²) in [5.41, 5.74) is 0. The first-order valence-corrected chi connectivity index (χ1v) is 28.7. The van der Waals surface area contributed by atoms with Gasteiger partial charge in [-0.05, 0) is 77.0 Å². The second-order valence-electron chi connectivity index (χ2n) is 19.6. The average molecular weight is 915 g/mol. The number of allylic oxidation sites excluding steroid dienone is 6. The molecule has 0 saturated heterocycles. The molecular formula is C59H111NO5. The number of rotatable bonds is 53. The number of nitrogens with one attached hydrogen (secondary N) is 1. The normalized spacial score (nSPS) is 12.9. The lowest BCUT2D eigenvalue weighted by atomic mass is 10.0. The molecule has 0 aromatic carbocycles. The number of hydrogen-bond donors (Lipinski definition) is 3. The van der Waals surface area contributed by atoms with Crippen molar-refractivity contribution in [2.24, 2.45) is 0 Å². The van der Waals surface area contributed by atoms with Crippen molar-refractivity contribution in [3.05, 3.63) is 36.5 Å². The van der Waals surface area contributed by atoms with Gasteiger partial charge in [-0.15, -0.1) is 0 Å². The highest BCUT2D eigenvalue weighted by Gasteiger charge is 2.20. The molecule has 0 aliphatic carbocycles. The van der Waals surface area contributed by atoms with Gasteiger partial charge in [0.25, 0.3) is 0 Å². The summed E-state index contributed by atoms with van der Waals surface area (Å²) >= 11 is 0. The number of hydrogen-bond acceptors (Lipinski definition) is 5. The summed E-state index contributed by atoms with van der Waals surface area (Å²) in [6, 6.07) is -0.565. The topological polar surface area (TPSA) is 95.9 Å². The highest BCUT2D eigenvalue weighted by Crippen LogP contribution is 2.17. The minimum Gasteiger partial charge on any atom is -0.466 e. The molecule has 3 N–H and O–H groups in total. The van der Waals surface area contributed by atoms with Gasteiger partial charge in [-0.1, -0.05) is 249 Å². The summed E-state index contributed by atoms with van der Waals surface area (Å²) in [6.07, 6.45) is 67.1. The van der Waals surface area contributed by atoms with Gasteiger partial charge >= 0.3 is 5.97 Å². The average Bonchev–Trinajstić information content (AvgIpc) is 3.31. The van der Waals surface area contributed by atoms with Crippen LogP contribution in [0.25, 0.3) is 0 Å². The number of unbranched alkanes of at least 4 members (excludes halogenated alkanes) is 36. The van der Waals surface area contributed by atoms with Crippen molar-refractivity contribution in [2.75, 3.05) is 13.2 Å². The molecule has 0 aromatic heterocycles. The van der Waals surface area contributed by atoms with E-state index < -0.39 is 12.1 Å². The highest BCUT2D eigenvalue weighted by atomic mass is 16.5. The predicted octanol–water partition coefficient (Wildman–Crippen LogP) is 17.6. The Hall–Kier alpha value is -1.92. The van der Waals surface area contributed by atoms with E-state index in [0.29, 0.717) is 25.9 Å². The third-order valence-corrected chi connectivity index (χ3v) is 13.2. The van der Waals surface area contributed by atoms with Gasteiger partial charge in [-0.2, -0.15) is 0 Å². The summed E-state index contributed by atoms with van der Waals surface area (Å²) in [5, 5.41) is 23.3.